The normalized spacial score (nSPS) is 10.6. The van der Waals surface area contributed by atoms with Gasteiger partial charge in [0.15, 0.2) is 0 Å². The third kappa shape index (κ3) is 2.67. The lowest BCUT2D eigenvalue weighted by atomic mass is 10.1. The van der Waals surface area contributed by atoms with Gasteiger partial charge in [-0.2, -0.15) is 0 Å². The van der Waals surface area contributed by atoms with Crippen LogP contribution in [0.3, 0.4) is 0 Å². The number of hydrogen-bond acceptors (Lipinski definition) is 3. The van der Waals surface area contributed by atoms with E-state index in [0.29, 0.717) is 21.6 Å². The minimum absolute atomic E-state index is 0.147. The van der Waals surface area contributed by atoms with E-state index in [-0.39, 0.29) is 18.3 Å². The van der Waals surface area contributed by atoms with Crippen LogP contribution < -0.4 is 10.1 Å². The average Bonchev–Trinajstić information content (AvgIpc) is 2.93. The fraction of sp³-hybridized carbons (Fsp3) is 0.118. The molecule has 1 heterocycles. The molecule has 0 saturated heterocycles. The van der Waals surface area contributed by atoms with E-state index in [2.05, 4.69) is 5.32 Å². The smallest absolute Gasteiger partial charge is 0.261 e. The van der Waals surface area contributed by atoms with Gasteiger partial charge in [0.05, 0.1) is 4.88 Å². The van der Waals surface area contributed by atoms with Gasteiger partial charge in [-0.05, 0) is 24.3 Å². The number of carbonyl (C=O) groups is 1. The van der Waals surface area contributed by atoms with Crippen LogP contribution in [0, 0.1) is 5.82 Å². The van der Waals surface area contributed by atoms with E-state index < -0.39 is 0 Å². The minimum Gasteiger partial charge on any atom is -0.489 e. The lowest BCUT2D eigenvalue weighted by Crippen LogP contribution is -2.18. The van der Waals surface area contributed by atoms with E-state index >= 15 is 0 Å². The number of halogens is 1. The number of nitrogens with one attached hydrogen (secondary N) is 1. The van der Waals surface area contributed by atoms with Crippen molar-refractivity contribution >= 4 is 27.3 Å². The molecule has 22 heavy (non-hydrogen) atoms. The van der Waals surface area contributed by atoms with Gasteiger partial charge in [0.1, 0.15) is 18.2 Å². The maximum atomic E-state index is 14.2. The van der Waals surface area contributed by atoms with E-state index in [9.17, 15) is 9.18 Å². The Labute approximate surface area is 131 Å². The summed E-state index contributed by atoms with van der Waals surface area (Å²) in [5.41, 5.74) is 0.585. The molecule has 0 spiro atoms. The maximum Gasteiger partial charge on any atom is 0.261 e. The van der Waals surface area contributed by atoms with Gasteiger partial charge in [-0.3, -0.25) is 4.79 Å². The van der Waals surface area contributed by atoms with Gasteiger partial charge < -0.3 is 10.1 Å². The van der Waals surface area contributed by atoms with E-state index in [1.807, 2.05) is 36.4 Å². The van der Waals surface area contributed by atoms with Gasteiger partial charge in [0.2, 0.25) is 0 Å². The average molecular weight is 315 g/mol. The SMILES string of the molecule is CNC(=O)c1sc2cccc(F)c2c1COc1ccccc1. The zero-order chi connectivity index (χ0) is 15.5. The molecule has 0 unspecified atom stereocenters. The van der Waals surface area contributed by atoms with Gasteiger partial charge in [-0.1, -0.05) is 24.3 Å². The number of benzene rings is 2. The predicted molar refractivity (Wildman–Crippen MR) is 85.9 cm³/mol. The van der Waals surface area contributed by atoms with Crippen molar-refractivity contribution in [3.05, 3.63) is 64.8 Å². The maximum absolute atomic E-state index is 14.2. The molecule has 112 valence electrons. The van der Waals surface area contributed by atoms with Gasteiger partial charge in [-0.15, -0.1) is 11.3 Å². The number of rotatable bonds is 4. The van der Waals surface area contributed by atoms with Crippen molar-refractivity contribution in [3.8, 4) is 5.75 Å². The van der Waals surface area contributed by atoms with Crippen LogP contribution in [0.1, 0.15) is 15.2 Å². The Kier molecular flexibility index (Phi) is 4.06. The van der Waals surface area contributed by atoms with Gasteiger partial charge >= 0.3 is 0 Å². The van der Waals surface area contributed by atoms with Crippen LogP contribution >= 0.6 is 11.3 Å². The Morgan fingerprint density at radius 1 is 1.18 bits per heavy atom. The third-order valence-electron chi connectivity index (χ3n) is 3.32. The molecule has 0 aliphatic carbocycles. The molecule has 1 amide bonds. The van der Waals surface area contributed by atoms with E-state index in [0.717, 1.165) is 4.70 Å². The van der Waals surface area contributed by atoms with Crippen molar-refractivity contribution in [2.75, 3.05) is 7.05 Å². The van der Waals surface area contributed by atoms with Gasteiger partial charge in [0, 0.05) is 22.7 Å². The summed E-state index contributed by atoms with van der Waals surface area (Å²) in [4.78, 5) is 12.5. The first kappa shape index (κ1) is 14.5. The van der Waals surface area contributed by atoms with Crippen LogP contribution in [0.4, 0.5) is 4.39 Å². The molecule has 2 aromatic carbocycles. The lowest BCUT2D eigenvalue weighted by molar-refractivity contribution is 0.0965. The summed E-state index contributed by atoms with van der Waals surface area (Å²) in [6, 6.07) is 14.1. The lowest BCUT2D eigenvalue weighted by Gasteiger charge is -2.07. The monoisotopic (exact) mass is 315 g/mol. The quantitative estimate of drug-likeness (QED) is 0.791. The van der Waals surface area contributed by atoms with Crippen molar-refractivity contribution in [2.45, 2.75) is 6.61 Å². The Bertz CT molecular complexity index is 814. The first-order chi connectivity index (χ1) is 10.7. The van der Waals surface area contributed by atoms with Crippen LogP contribution in [0.25, 0.3) is 10.1 Å². The summed E-state index contributed by atoms with van der Waals surface area (Å²) < 4.78 is 20.6. The molecule has 0 aliphatic rings. The second-order valence-electron chi connectivity index (χ2n) is 4.70. The number of carbonyl (C=O) groups excluding carboxylic acids is 1. The Balaban J connectivity index is 2.03. The van der Waals surface area contributed by atoms with Crippen molar-refractivity contribution < 1.29 is 13.9 Å². The topological polar surface area (TPSA) is 38.3 Å². The fourth-order valence-corrected chi connectivity index (χ4v) is 3.44. The summed E-state index contributed by atoms with van der Waals surface area (Å²) >= 11 is 1.27. The van der Waals surface area contributed by atoms with Crippen LogP contribution in [0.15, 0.2) is 48.5 Å². The Hall–Kier alpha value is -2.40. The van der Waals surface area contributed by atoms with Gasteiger partial charge in [0.25, 0.3) is 5.91 Å². The first-order valence-corrected chi connectivity index (χ1v) is 7.62. The van der Waals surface area contributed by atoms with E-state index in [1.54, 1.807) is 13.1 Å². The molecule has 5 heteroatoms. The van der Waals surface area contributed by atoms with Crippen molar-refractivity contribution in [1.82, 2.24) is 5.32 Å². The van der Waals surface area contributed by atoms with Crippen LogP contribution in [-0.2, 0) is 6.61 Å². The summed E-state index contributed by atoms with van der Waals surface area (Å²) in [6.45, 7) is 0.147. The zero-order valence-electron chi connectivity index (χ0n) is 11.9. The molecule has 0 radical (unpaired) electrons. The van der Waals surface area contributed by atoms with Crippen LogP contribution in [0.5, 0.6) is 5.75 Å². The molecular weight excluding hydrogens is 301 g/mol. The van der Waals surface area contributed by atoms with Crippen molar-refractivity contribution in [2.24, 2.45) is 0 Å². The highest BCUT2D eigenvalue weighted by molar-refractivity contribution is 7.21. The molecule has 0 bridgehead atoms. The largest absolute Gasteiger partial charge is 0.489 e. The highest BCUT2D eigenvalue weighted by Gasteiger charge is 2.20. The van der Waals surface area contributed by atoms with Crippen molar-refractivity contribution in [1.29, 1.82) is 0 Å². The summed E-state index contributed by atoms with van der Waals surface area (Å²) in [5, 5.41) is 3.05. The second kappa shape index (κ2) is 6.15. The molecule has 0 fully saturated rings. The van der Waals surface area contributed by atoms with Crippen LogP contribution in [0.2, 0.25) is 0 Å². The number of fused-ring (bicyclic) bond motifs is 1. The molecule has 1 N–H and O–H groups in total. The zero-order valence-corrected chi connectivity index (χ0v) is 12.7. The highest BCUT2D eigenvalue weighted by Crippen LogP contribution is 2.34. The van der Waals surface area contributed by atoms with E-state index in [4.69, 9.17) is 4.74 Å². The number of amides is 1. The number of ether oxygens (including phenoxy) is 1. The third-order valence-corrected chi connectivity index (χ3v) is 4.52. The van der Waals surface area contributed by atoms with Crippen molar-refractivity contribution in [3.63, 3.8) is 0 Å². The number of para-hydroxylation sites is 1. The number of thiophene rings is 1. The molecule has 3 aromatic rings. The Morgan fingerprint density at radius 3 is 2.68 bits per heavy atom. The highest BCUT2D eigenvalue weighted by atomic mass is 32.1. The van der Waals surface area contributed by atoms with E-state index in [1.165, 1.54) is 17.4 Å². The summed E-state index contributed by atoms with van der Waals surface area (Å²) in [6.07, 6.45) is 0. The predicted octanol–water partition coefficient (Wildman–Crippen LogP) is 3.98. The molecule has 0 saturated carbocycles. The molecule has 3 nitrogen and oxygen atoms in total. The minimum atomic E-state index is -0.337. The Morgan fingerprint density at radius 2 is 1.95 bits per heavy atom. The molecule has 1 aromatic heterocycles. The van der Waals surface area contributed by atoms with Gasteiger partial charge in [-0.25, -0.2) is 4.39 Å². The molecule has 0 aliphatic heterocycles. The standard InChI is InChI=1S/C17H14FNO2S/c1-19-17(20)16-12(10-21-11-6-3-2-4-7-11)15-13(18)8-5-9-14(15)22-16/h2-9H,10H2,1H3,(H,19,20). The first-order valence-electron chi connectivity index (χ1n) is 6.80. The summed E-state index contributed by atoms with van der Waals surface area (Å²) in [5.74, 6) is 0.115. The summed E-state index contributed by atoms with van der Waals surface area (Å²) in [7, 11) is 1.56. The second-order valence-corrected chi connectivity index (χ2v) is 5.76. The molecule has 3 rings (SSSR count). The molecule has 0 atom stereocenters. The molecular formula is C17H14FNO2S. The van der Waals surface area contributed by atoms with Crippen LogP contribution in [-0.4, -0.2) is 13.0 Å². The fourth-order valence-electron chi connectivity index (χ4n) is 2.27. The number of hydrogen-bond donors (Lipinski definition) is 1.